The first-order valence-corrected chi connectivity index (χ1v) is 5.09. The van der Waals surface area contributed by atoms with Crippen LogP contribution in [0.5, 0.6) is 0 Å². The Bertz CT molecular complexity index is 460. The lowest BCUT2D eigenvalue weighted by Crippen LogP contribution is -2.18. The van der Waals surface area contributed by atoms with Gasteiger partial charge < -0.3 is 5.32 Å². The van der Waals surface area contributed by atoms with Crippen molar-refractivity contribution in [2.75, 3.05) is 0 Å². The third-order valence-electron chi connectivity index (χ3n) is 2.25. The summed E-state index contributed by atoms with van der Waals surface area (Å²) in [5, 5.41) is 6.89. The molecule has 4 nitrogen and oxygen atoms in total. The van der Waals surface area contributed by atoms with Crippen LogP contribution in [0.1, 0.15) is 12.5 Å². The van der Waals surface area contributed by atoms with E-state index in [9.17, 15) is 4.79 Å². The van der Waals surface area contributed by atoms with Gasteiger partial charge in [-0.3, -0.25) is 4.79 Å². The predicted octanol–water partition coefficient (Wildman–Crippen LogP) is 1.51. The molecule has 0 unspecified atom stereocenters. The number of hydrogen-bond donors (Lipinski definition) is 1. The SMILES string of the molecule is CC(=O)NCc1ccc(-n2cccn2)cc1. The molecule has 0 saturated carbocycles. The maximum Gasteiger partial charge on any atom is 0.217 e. The molecule has 4 heteroatoms. The first kappa shape index (κ1) is 10.4. The van der Waals surface area contributed by atoms with E-state index in [2.05, 4.69) is 10.4 Å². The third-order valence-corrected chi connectivity index (χ3v) is 2.25. The molecule has 82 valence electrons. The number of aromatic nitrogens is 2. The quantitative estimate of drug-likeness (QED) is 0.843. The van der Waals surface area contributed by atoms with Gasteiger partial charge in [-0.05, 0) is 23.8 Å². The fourth-order valence-electron chi connectivity index (χ4n) is 1.41. The minimum atomic E-state index is -0.0175. The highest BCUT2D eigenvalue weighted by Gasteiger charge is 1.97. The van der Waals surface area contributed by atoms with E-state index in [1.165, 1.54) is 6.92 Å². The molecule has 16 heavy (non-hydrogen) atoms. The first-order chi connectivity index (χ1) is 7.75. The van der Waals surface area contributed by atoms with Gasteiger partial charge in [-0.2, -0.15) is 5.10 Å². The lowest BCUT2D eigenvalue weighted by molar-refractivity contribution is -0.119. The van der Waals surface area contributed by atoms with Crippen LogP contribution in [0, 0.1) is 0 Å². The van der Waals surface area contributed by atoms with Crippen LogP contribution in [-0.4, -0.2) is 15.7 Å². The van der Waals surface area contributed by atoms with Crippen molar-refractivity contribution in [1.29, 1.82) is 0 Å². The number of rotatable bonds is 3. The molecular weight excluding hydrogens is 202 g/mol. The second-order valence-electron chi connectivity index (χ2n) is 3.53. The summed E-state index contributed by atoms with van der Waals surface area (Å²) in [6.45, 7) is 2.08. The number of amides is 1. The minimum absolute atomic E-state index is 0.0175. The predicted molar refractivity (Wildman–Crippen MR) is 61.1 cm³/mol. The molecule has 1 heterocycles. The van der Waals surface area contributed by atoms with E-state index in [1.807, 2.05) is 36.5 Å². The van der Waals surface area contributed by atoms with Gasteiger partial charge in [0.15, 0.2) is 0 Å². The molecule has 0 aliphatic heterocycles. The Morgan fingerprint density at radius 2 is 2.12 bits per heavy atom. The normalized spacial score (nSPS) is 10.1. The van der Waals surface area contributed by atoms with Gasteiger partial charge in [-0.15, -0.1) is 0 Å². The Balaban J connectivity index is 2.08. The zero-order valence-electron chi connectivity index (χ0n) is 9.05. The van der Waals surface area contributed by atoms with Crippen molar-refractivity contribution in [3.8, 4) is 5.69 Å². The topological polar surface area (TPSA) is 46.9 Å². The molecule has 0 saturated heterocycles. The molecule has 0 atom stereocenters. The summed E-state index contributed by atoms with van der Waals surface area (Å²) in [7, 11) is 0. The third kappa shape index (κ3) is 2.48. The zero-order chi connectivity index (χ0) is 11.4. The van der Waals surface area contributed by atoms with Crippen LogP contribution >= 0.6 is 0 Å². The van der Waals surface area contributed by atoms with Gasteiger partial charge >= 0.3 is 0 Å². The van der Waals surface area contributed by atoms with Crippen LogP contribution < -0.4 is 5.32 Å². The second-order valence-corrected chi connectivity index (χ2v) is 3.53. The van der Waals surface area contributed by atoms with Crippen molar-refractivity contribution >= 4 is 5.91 Å². The molecule has 1 aromatic carbocycles. The summed E-state index contributed by atoms with van der Waals surface area (Å²) in [6, 6.07) is 9.79. The number of carbonyl (C=O) groups excluding carboxylic acids is 1. The summed E-state index contributed by atoms with van der Waals surface area (Å²) in [4.78, 5) is 10.7. The van der Waals surface area contributed by atoms with Gasteiger partial charge in [0.25, 0.3) is 0 Å². The zero-order valence-corrected chi connectivity index (χ0v) is 9.05. The summed E-state index contributed by atoms with van der Waals surface area (Å²) in [6.07, 6.45) is 3.63. The van der Waals surface area contributed by atoms with Crippen molar-refractivity contribution in [2.45, 2.75) is 13.5 Å². The van der Waals surface area contributed by atoms with Crippen LogP contribution in [0.15, 0.2) is 42.7 Å². The van der Waals surface area contributed by atoms with Gasteiger partial charge in [0.1, 0.15) is 0 Å². The van der Waals surface area contributed by atoms with E-state index in [-0.39, 0.29) is 5.91 Å². The average molecular weight is 215 g/mol. The molecule has 2 rings (SSSR count). The Kier molecular flexibility index (Phi) is 3.00. The number of hydrogen-bond acceptors (Lipinski definition) is 2. The first-order valence-electron chi connectivity index (χ1n) is 5.09. The van der Waals surface area contributed by atoms with Gasteiger partial charge in [0.2, 0.25) is 5.91 Å². The van der Waals surface area contributed by atoms with E-state index in [0.29, 0.717) is 6.54 Å². The smallest absolute Gasteiger partial charge is 0.217 e. The molecule has 0 aliphatic rings. The molecule has 0 fully saturated rings. The Morgan fingerprint density at radius 3 is 2.69 bits per heavy atom. The van der Waals surface area contributed by atoms with Gasteiger partial charge in [0, 0.05) is 25.9 Å². The molecular formula is C12H13N3O. The molecule has 0 radical (unpaired) electrons. The largest absolute Gasteiger partial charge is 0.352 e. The lowest BCUT2D eigenvalue weighted by Gasteiger charge is -2.04. The molecule has 2 aromatic rings. The maximum atomic E-state index is 10.7. The summed E-state index contributed by atoms with van der Waals surface area (Å²) in [5.41, 5.74) is 2.09. The molecule has 1 amide bonds. The van der Waals surface area contributed by atoms with Crippen molar-refractivity contribution in [1.82, 2.24) is 15.1 Å². The van der Waals surface area contributed by atoms with E-state index < -0.39 is 0 Å². The van der Waals surface area contributed by atoms with E-state index in [4.69, 9.17) is 0 Å². The van der Waals surface area contributed by atoms with E-state index in [1.54, 1.807) is 10.9 Å². The fourth-order valence-corrected chi connectivity index (χ4v) is 1.41. The van der Waals surface area contributed by atoms with E-state index >= 15 is 0 Å². The fraction of sp³-hybridized carbons (Fsp3) is 0.167. The monoisotopic (exact) mass is 215 g/mol. The number of nitrogens with zero attached hydrogens (tertiary/aromatic N) is 2. The van der Waals surface area contributed by atoms with Crippen molar-refractivity contribution < 1.29 is 4.79 Å². The van der Waals surface area contributed by atoms with Crippen LogP contribution in [0.4, 0.5) is 0 Å². The van der Waals surface area contributed by atoms with Gasteiger partial charge in [-0.1, -0.05) is 12.1 Å². The molecule has 0 aliphatic carbocycles. The lowest BCUT2D eigenvalue weighted by atomic mass is 10.2. The number of nitrogens with one attached hydrogen (secondary N) is 1. The molecule has 0 bridgehead atoms. The summed E-state index contributed by atoms with van der Waals surface area (Å²) < 4.78 is 1.79. The number of carbonyl (C=O) groups is 1. The van der Waals surface area contributed by atoms with Crippen molar-refractivity contribution in [2.24, 2.45) is 0 Å². The Morgan fingerprint density at radius 1 is 1.38 bits per heavy atom. The Hall–Kier alpha value is -2.10. The van der Waals surface area contributed by atoms with Crippen LogP contribution in [0.2, 0.25) is 0 Å². The Labute approximate surface area is 93.9 Å². The minimum Gasteiger partial charge on any atom is -0.352 e. The molecule has 1 N–H and O–H groups in total. The average Bonchev–Trinajstić information content (AvgIpc) is 2.80. The summed E-state index contributed by atoms with van der Waals surface area (Å²) in [5.74, 6) is -0.0175. The van der Waals surface area contributed by atoms with Gasteiger partial charge in [-0.25, -0.2) is 4.68 Å². The van der Waals surface area contributed by atoms with Crippen molar-refractivity contribution in [3.63, 3.8) is 0 Å². The van der Waals surface area contributed by atoms with E-state index in [0.717, 1.165) is 11.3 Å². The van der Waals surface area contributed by atoms with Crippen molar-refractivity contribution in [3.05, 3.63) is 48.3 Å². The van der Waals surface area contributed by atoms with Crippen LogP contribution in [0.25, 0.3) is 5.69 Å². The number of benzene rings is 1. The molecule has 0 spiro atoms. The molecule has 1 aromatic heterocycles. The van der Waals surface area contributed by atoms with Crippen LogP contribution in [0.3, 0.4) is 0 Å². The van der Waals surface area contributed by atoms with Crippen LogP contribution in [-0.2, 0) is 11.3 Å². The summed E-state index contributed by atoms with van der Waals surface area (Å²) >= 11 is 0. The highest BCUT2D eigenvalue weighted by molar-refractivity contribution is 5.72. The highest BCUT2D eigenvalue weighted by Crippen LogP contribution is 2.08. The highest BCUT2D eigenvalue weighted by atomic mass is 16.1. The maximum absolute atomic E-state index is 10.7. The second kappa shape index (κ2) is 4.61. The standard InChI is InChI=1S/C12H13N3O/c1-10(16)13-9-11-3-5-12(6-4-11)15-8-2-7-14-15/h2-8H,9H2,1H3,(H,13,16). The van der Waals surface area contributed by atoms with Gasteiger partial charge in [0.05, 0.1) is 5.69 Å².